The third-order valence-corrected chi connectivity index (χ3v) is 3.78. The van der Waals surface area contributed by atoms with Crippen molar-refractivity contribution >= 4 is 21.7 Å². The van der Waals surface area contributed by atoms with Crippen LogP contribution in [0.15, 0.2) is 22.7 Å². The monoisotopic (exact) mass is 283 g/mol. The first-order valence-corrected chi connectivity index (χ1v) is 5.93. The highest BCUT2D eigenvalue weighted by Gasteiger charge is 2.45. The van der Waals surface area contributed by atoms with Gasteiger partial charge in [-0.2, -0.15) is 0 Å². The van der Waals surface area contributed by atoms with E-state index in [9.17, 15) is 9.90 Å². The lowest BCUT2D eigenvalue weighted by Gasteiger charge is -2.38. The molecule has 1 aromatic rings. The standard InChI is InChI=1S/C12H14BrNO2/c1-12(2)10(15)7-4-3-6(13)5-8(7)9(14)11(12)16/h3-5,9,11,16H,14H2,1-2H3. The van der Waals surface area contributed by atoms with Crippen LogP contribution in [0.4, 0.5) is 0 Å². The summed E-state index contributed by atoms with van der Waals surface area (Å²) in [5, 5.41) is 10.1. The van der Waals surface area contributed by atoms with E-state index in [1.165, 1.54) is 0 Å². The van der Waals surface area contributed by atoms with Gasteiger partial charge >= 0.3 is 0 Å². The summed E-state index contributed by atoms with van der Waals surface area (Å²) < 4.78 is 0.862. The van der Waals surface area contributed by atoms with Gasteiger partial charge < -0.3 is 10.8 Å². The molecular weight excluding hydrogens is 270 g/mol. The van der Waals surface area contributed by atoms with E-state index in [-0.39, 0.29) is 5.78 Å². The summed E-state index contributed by atoms with van der Waals surface area (Å²) in [5.41, 5.74) is 6.49. The average Bonchev–Trinajstić information content (AvgIpc) is 2.24. The highest BCUT2D eigenvalue weighted by molar-refractivity contribution is 9.10. The number of carbonyl (C=O) groups excluding carboxylic acids is 1. The second-order valence-corrected chi connectivity index (χ2v) is 5.67. The van der Waals surface area contributed by atoms with Crippen LogP contribution in [0, 0.1) is 5.41 Å². The summed E-state index contributed by atoms with van der Waals surface area (Å²) in [4.78, 5) is 12.2. The summed E-state index contributed by atoms with van der Waals surface area (Å²) >= 11 is 3.34. The number of aliphatic hydroxyl groups is 1. The summed E-state index contributed by atoms with van der Waals surface area (Å²) in [6.07, 6.45) is -0.846. The molecule has 4 heteroatoms. The molecule has 0 aromatic heterocycles. The Bertz CT molecular complexity index is 456. The quantitative estimate of drug-likeness (QED) is 0.766. The van der Waals surface area contributed by atoms with Gasteiger partial charge in [0.05, 0.1) is 17.6 Å². The number of hydrogen-bond acceptors (Lipinski definition) is 3. The Morgan fingerprint density at radius 2 is 2.06 bits per heavy atom. The van der Waals surface area contributed by atoms with Crippen LogP contribution >= 0.6 is 15.9 Å². The number of hydrogen-bond donors (Lipinski definition) is 2. The van der Waals surface area contributed by atoms with Crippen molar-refractivity contribution in [2.75, 3.05) is 0 Å². The Morgan fingerprint density at radius 3 is 2.69 bits per heavy atom. The molecule has 2 rings (SSSR count). The number of Topliss-reactive ketones (excluding diaryl/α,β-unsaturated/α-hetero) is 1. The predicted molar refractivity (Wildman–Crippen MR) is 65.2 cm³/mol. The molecule has 0 aliphatic heterocycles. The number of aliphatic hydroxyl groups excluding tert-OH is 1. The van der Waals surface area contributed by atoms with Gasteiger partial charge in [0.25, 0.3) is 0 Å². The molecule has 1 aliphatic carbocycles. The van der Waals surface area contributed by atoms with E-state index in [1.54, 1.807) is 26.0 Å². The maximum Gasteiger partial charge on any atom is 0.171 e. The van der Waals surface area contributed by atoms with Crippen LogP contribution in [0.3, 0.4) is 0 Å². The number of carbonyl (C=O) groups is 1. The predicted octanol–water partition coefficient (Wildman–Crippen LogP) is 2.03. The number of halogens is 1. The summed E-state index contributed by atoms with van der Waals surface area (Å²) in [5.74, 6) is -0.0517. The molecule has 0 saturated heterocycles. The number of ketones is 1. The Kier molecular flexibility index (Phi) is 2.69. The van der Waals surface area contributed by atoms with Crippen LogP contribution in [0.2, 0.25) is 0 Å². The van der Waals surface area contributed by atoms with Gasteiger partial charge in [-0.3, -0.25) is 4.79 Å². The maximum atomic E-state index is 12.2. The van der Waals surface area contributed by atoms with Crippen LogP contribution in [0.5, 0.6) is 0 Å². The van der Waals surface area contributed by atoms with Crippen molar-refractivity contribution in [2.24, 2.45) is 11.1 Å². The second-order valence-electron chi connectivity index (χ2n) is 4.75. The van der Waals surface area contributed by atoms with E-state index in [2.05, 4.69) is 15.9 Å². The Hall–Kier alpha value is -0.710. The molecule has 0 saturated carbocycles. The van der Waals surface area contributed by atoms with Crippen LogP contribution < -0.4 is 5.73 Å². The molecule has 0 bridgehead atoms. The molecule has 86 valence electrons. The van der Waals surface area contributed by atoms with Gasteiger partial charge in [-0.05, 0) is 37.6 Å². The van der Waals surface area contributed by atoms with Crippen LogP contribution in [0.1, 0.15) is 35.8 Å². The molecule has 1 aromatic carbocycles. The minimum atomic E-state index is -0.846. The van der Waals surface area contributed by atoms with Crippen molar-refractivity contribution < 1.29 is 9.90 Å². The van der Waals surface area contributed by atoms with Crippen molar-refractivity contribution in [3.63, 3.8) is 0 Å². The van der Waals surface area contributed by atoms with Crippen molar-refractivity contribution in [1.82, 2.24) is 0 Å². The van der Waals surface area contributed by atoms with E-state index in [0.29, 0.717) is 11.1 Å². The third-order valence-electron chi connectivity index (χ3n) is 3.28. The highest BCUT2D eigenvalue weighted by Crippen LogP contribution is 2.40. The zero-order valence-electron chi connectivity index (χ0n) is 9.20. The molecule has 0 fully saturated rings. The van der Waals surface area contributed by atoms with Crippen LogP contribution in [0.25, 0.3) is 0 Å². The Morgan fingerprint density at radius 1 is 1.44 bits per heavy atom. The minimum absolute atomic E-state index is 0.0517. The van der Waals surface area contributed by atoms with Gasteiger partial charge in [0.1, 0.15) is 0 Å². The molecular formula is C12H14BrNO2. The molecule has 0 radical (unpaired) electrons. The van der Waals surface area contributed by atoms with E-state index < -0.39 is 17.6 Å². The Balaban J connectivity index is 2.64. The molecule has 3 nitrogen and oxygen atoms in total. The highest BCUT2D eigenvalue weighted by atomic mass is 79.9. The summed E-state index contributed by atoms with van der Waals surface area (Å²) in [6.45, 7) is 3.45. The molecule has 0 spiro atoms. The van der Waals surface area contributed by atoms with Crippen molar-refractivity contribution in [1.29, 1.82) is 0 Å². The van der Waals surface area contributed by atoms with Crippen molar-refractivity contribution in [3.8, 4) is 0 Å². The van der Waals surface area contributed by atoms with Crippen molar-refractivity contribution in [3.05, 3.63) is 33.8 Å². The van der Waals surface area contributed by atoms with E-state index >= 15 is 0 Å². The van der Waals surface area contributed by atoms with Crippen molar-refractivity contribution in [2.45, 2.75) is 26.0 Å². The molecule has 0 heterocycles. The lowest BCUT2D eigenvalue weighted by atomic mass is 9.69. The first-order chi connectivity index (χ1) is 7.35. The number of nitrogens with two attached hydrogens (primary N) is 1. The first kappa shape index (κ1) is 11.8. The number of rotatable bonds is 0. The maximum absolute atomic E-state index is 12.2. The lowest BCUT2D eigenvalue weighted by molar-refractivity contribution is 0.0208. The van der Waals surface area contributed by atoms with Gasteiger partial charge in [0.15, 0.2) is 5.78 Å². The fourth-order valence-electron chi connectivity index (χ4n) is 2.12. The van der Waals surface area contributed by atoms with E-state index in [1.807, 2.05) is 6.07 Å². The largest absolute Gasteiger partial charge is 0.390 e. The molecule has 2 atom stereocenters. The SMILES string of the molecule is CC1(C)C(=O)c2ccc(Br)cc2C(N)C1O. The van der Waals surface area contributed by atoms with E-state index in [4.69, 9.17) is 5.73 Å². The molecule has 1 aliphatic rings. The van der Waals surface area contributed by atoms with Gasteiger partial charge in [-0.25, -0.2) is 0 Å². The zero-order chi connectivity index (χ0) is 12.1. The Labute approximate surface area is 103 Å². The molecule has 3 N–H and O–H groups in total. The summed E-state index contributed by atoms with van der Waals surface area (Å²) in [6, 6.07) is 4.86. The van der Waals surface area contributed by atoms with Gasteiger partial charge in [-0.15, -0.1) is 0 Å². The fourth-order valence-corrected chi connectivity index (χ4v) is 2.50. The first-order valence-electron chi connectivity index (χ1n) is 5.13. The van der Waals surface area contributed by atoms with Gasteiger partial charge in [-0.1, -0.05) is 15.9 Å². The normalized spacial score (nSPS) is 27.7. The minimum Gasteiger partial charge on any atom is -0.390 e. The fraction of sp³-hybridized carbons (Fsp3) is 0.417. The second kappa shape index (κ2) is 3.65. The zero-order valence-corrected chi connectivity index (χ0v) is 10.8. The molecule has 16 heavy (non-hydrogen) atoms. The van der Waals surface area contributed by atoms with E-state index in [0.717, 1.165) is 4.47 Å². The molecule has 2 unspecified atom stereocenters. The lowest BCUT2D eigenvalue weighted by Crippen LogP contribution is -2.48. The average molecular weight is 284 g/mol. The molecule has 0 amide bonds. The van der Waals surface area contributed by atoms with Gasteiger partial charge in [0.2, 0.25) is 0 Å². The summed E-state index contributed by atoms with van der Waals surface area (Å²) in [7, 11) is 0. The number of fused-ring (bicyclic) bond motifs is 1. The number of benzene rings is 1. The van der Waals surface area contributed by atoms with Crippen LogP contribution in [-0.2, 0) is 0 Å². The van der Waals surface area contributed by atoms with Gasteiger partial charge in [0, 0.05) is 10.0 Å². The van der Waals surface area contributed by atoms with Crippen LogP contribution in [-0.4, -0.2) is 17.0 Å². The third kappa shape index (κ3) is 1.52. The smallest absolute Gasteiger partial charge is 0.171 e. The topological polar surface area (TPSA) is 63.3 Å².